The van der Waals surface area contributed by atoms with Crippen molar-refractivity contribution < 1.29 is 1.37 Å². The number of hydrogen-bond donors (Lipinski definition) is 0. The van der Waals surface area contributed by atoms with Crippen LogP contribution in [0.15, 0.2) is 18.3 Å². The third-order valence-corrected chi connectivity index (χ3v) is 2.91. The first kappa shape index (κ1) is 6.54. The van der Waals surface area contributed by atoms with Crippen molar-refractivity contribution >= 4 is 21.7 Å². The summed E-state index contributed by atoms with van der Waals surface area (Å²) in [5.74, 6) is 0.438. The first-order chi connectivity index (χ1) is 6.16. The molecule has 12 heavy (non-hydrogen) atoms. The van der Waals surface area contributed by atoms with E-state index < -0.39 is 0 Å². The zero-order chi connectivity index (χ0) is 9.42. The maximum Gasteiger partial charge on any atom is 0.170 e. The highest BCUT2D eigenvalue weighted by atomic mass is 32.1. The third-order valence-electron chi connectivity index (χ3n) is 1.62. The summed E-state index contributed by atoms with van der Waals surface area (Å²) in [5, 5.41) is 1.09. The molecule has 0 spiro atoms. The molecule has 2 aromatic heterocycles. The molecule has 0 amide bonds. The minimum Gasteiger partial charge on any atom is -0.236 e. The fourth-order valence-corrected chi connectivity index (χ4v) is 1.90. The van der Waals surface area contributed by atoms with Gasteiger partial charge in [-0.2, -0.15) is 0 Å². The van der Waals surface area contributed by atoms with Gasteiger partial charge < -0.3 is 0 Å². The Kier molecular flexibility index (Phi) is 1.54. The molecule has 0 N–H and O–H groups in total. The van der Waals surface area contributed by atoms with Crippen molar-refractivity contribution in [1.82, 2.24) is 9.97 Å². The molecule has 0 unspecified atom stereocenters. The molecule has 0 aliphatic rings. The van der Waals surface area contributed by atoms with Crippen LogP contribution < -0.4 is 0 Å². The van der Waals surface area contributed by atoms with Gasteiger partial charge in [-0.1, -0.05) is 13.8 Å². The summed E-state index contributed by atoms with van der Waals surface area (Å²) in [6.07, 6.45) is 1.53. The molecule has 62 valence electrons. The second-order valence-electron chi connectivity index (χ2n) is 2.96. The Morgan fingerprint density at radius 1 is 1.58 bits per heavy atom. The molecule has 3 heteroatoms. The molecule has 0 saturated heterocycles. The quantitative estimate of drug-likeness (QED) is 0.674. The predicted molar refractivity (Wildman–Crippen MR) is 51.5 cm³/mol. The smallest absolute Gasteiger partial charge is 0.170 e. The summed E-state index contributed by atoms with van der Waals surface area (Å²) < 4.78 is 8.42. The van der Waals surface area contributed by atoms with Crippen molar-refractivity contribution in [2.75, 3.05) is 0 Å². The van der Waals surface area contributed by atoms with Crippen LogP contribution in [-0.4, -0.2) is 9.97 Å². The minimum atomic E-state index is 0.438. The highest BCUT2D eigenvalue weighted by Gasteiger charge is 2.06. The number of rotatable bonds is 1. The summed E-state index contributed by atoms with van der Waals surface area (Å²) in [7, 11) is 0. The number of thiazole rings is 1. The van der Waals surface area contributed by atoms with E-state index in [1.54, 1.807) is 11.3 Å². The monoisotopic (exact) mass is 180 g/mol. The van der Waals surface area contributed by atoms with E-state index in [0.717, 1.165) is 15.4 Å². The Morgan fingerprint density at radius 3 is 3.17 bits per heavy atom. The van der Waals surface area contributed by atoms with Gasteiger partial charge in [-0.05, 0) is 12.1 Å². The first-order valence-electron chi connectivity index (χ1n) is 4.40. The maximum atomic E-state index is 7.41. The van der Waals surface area contributed by atoms with E-state index in [1.807, 2.05) is 6.07 Å². The second-order valence-corrected chi connectivity index (χ2v) is 4.03. The van der Waals surface area contributed by atoms with E-state index >= 15 is 0 Å². The molecule has 2 aromatic rings. The lowest BCUT2D eigenvalue weighted by molar-refractivity contribution is 0.855. The minimum absolute atomic E-state index is 0.438. The number of pyridine rings is 1. The van der Waals surface area contributed by atoms with Gasteiger partial charge in [0.05, 0.1) is 11.1 Å². The topological polar surface area (TPSA) is 25.8 Å². The summed E-state index contributed by atoms with van der Waals surface area (Å²) in [6, 6.07) is 2.26. The van der Waals surface area contributed by atoms with Crippen LogP contribution in [0.5, 0.6) is 0 Å². The third kappa shape index (κ3) is 1.20. The van der Waals surface area contributed by atoms with Crippen molar-refractivity contribution in [3.05, 3.63) is 23.3 Å². The zero-order valence-electron chi connectivity index (χ0n) is 8.03. The van der Waals surface area contributed by atoms with Crippen molar-refractivity contribution in [2.24, 2.45) is 0 Å². The highest BCUT2D eigenvalue weighted by Crippen LogP contribution is 2.25. The fourth-order valence-electron chi connectivity index (χ4n) is 0.985. The van der Waals surface area contributed by atoms with E-state index in [2.05, 4.69) is 23.8 Å². The number of nitrogens with zero attached hydrogens (tertiary/aromatic N) is 2. The molecule has 0 aliphatic carbocycles. The second kappa shape index (κ2) is 2.83. The van der Waals surface area contributed by atoms with Gasteiger partial charge in [-0.25, -0.2) is 9.97 Å². The average molecular weight is 180 g/mol. The summed E-state index contributed by atoms with van der Waals surface area (Å²) in [6.45, 7) is 4.22. The number of aromatic nitrogens is 2. The van der Waals surface area contributed by atoms with Crippen LogP contribution >= 0.6 is 11.3 Å². The van der Waals surface area contributed by atoms with E-state index in [9.17, 15) is 0 Å². The van der Waals surface area contributed by atoms with Gasteiger partial charge in [-0.3, -0.25) is 0 Å². The molecular weight excluding hydrogens is 168 g/mol. The fraction of sp³-hybridized carbons (Fsp3) is 0.333. The molecule has 2 heterocycles. The maximum absolute atomic E-state index is 7.41. The molecule has 0 fully saturated rings. The van der Waals surface area contributed by atoms with Crippen LogP contribution in [-0.2, 0) is 0 Å². The van der Waals surface area contributed by atoms with E-state index in [4.69, 9.17) is 1.37 Å². The van der Waals surface area contributed by atoms with E-state index in [1.165, 1.54) is 6.20 Å². The Balaban J connectivity index is 2.62. The van der Waals surface area contributed by atoms with Crippen molar-refractivity contribution in [3.63, 3.8) is 0 Å². The molecule has 0 radical (unpaired) electrons. The van der Waals surface area contributed by atoms with Crippen molar-refractivity contribution in [3.8, 4) is 0 Å². The molecule has 0 aliphatic heterocycles. The molecule has 0 saturated carbocycles. The number of fused-ring (bicyclic) bond motifs is 1. The van der Waals surface area contributed by atoms with Crippen LogP contribution in [0.25, 0.3) is 10.3 Å². The van der Waals surface area contributed by atoms with Gasteiger partial charge >= 0.3 is 0 Å². The van der Waals surface area contributed by atoms with Crippen LogP contribution in [0.1, 0.15) is 26.1 Å². The zero-order valence-corrected chi connectivity index (χ0v) is 7.85. The molecule has 2 rings (SSSR count). The lowest BCUT2D eigenvalue weighted by atomic mass is 10.2. The van der Waals surface area contributed by atoms with Crippen molar-refractivity contribution in [2.45, 2.75) is 19.8 Å². The van der Waals surface area contributed by atoms with Gasteiger partial charge in [0.1, 0.15) is 0 Å². The van der Waals surface area contributed by atoms with E-state index in [-0.39, 0.29) is 0 Å². The van der Waals surface area contributed by atoms with Crippen LogP contribution in [0.2, 0.25) is 0 Å². The average Bonchev–Trinajstić information content (AvgIpc) is 2.46. The molecule has 0 bridgehead atoms. The molecular formula is C9H10N2S. The Bertz CT molecular complexity index is 436. The Morgan fingerprint density at radius 2 is 2.42 bits per heavy atom. The van der Waals surface area contributed by atoms with Crippen LogP contribution in [0.4, 0.5) is 0 Å². The molecule has 0 atom stereocenters. The summed E-state index contributed by atoms with van der Waals surface area (Å²) in [5.41, 5.74) is 0.768. The van der Waals surface area contributed by atoms with Gasteiger partial charge in [-0.15, -0.1) is 11.3 Å². The normalized spacial score (nSPS) is 12.4. The molecule has 2 nitrogen and oxygen atoms in total. The standard InChI is InChI=1S/C9H10N2S/c1-6(2)9-11-8-7(12-9)4-3-5-10-8/h3-6H,1-2H3/i3T. The lowest BCUT2D eigenvalue weighted by Crippen LogP contribution is -1.83. The van der Waals surface area contributed by atoms with Crippen LogP contribution in [0.3, 0.4) is 0 Å². The van der Waals surface area contributed by atoms with Crippen LogP contribution in [0, 0.1) is 0 Å². The van der Waals surface area contributed by atoms with Gasteiger partial charge in [0.2, 0.25) is 0 Å². The number of hydrogen-bond acceptors (Lipinski definition) is 3. The lowest BCUT2D eigenvalue weighted by Gasteiger charge is -1.93. The van der Waals surface area contributed by atoms with Gasteiger partial charge in [0.25, 0.3) is 0 Å². The van der Waals surface area contributed by atoms with Gasteiger partial charge in [0, 0.05) is 12.1 Å². The SMILES string of the molecule is [3H]c1cnc2nc(C(C)C)sc2c1. The largest absolute Gasteiger partial charge is 0.236 e. The Hall–Kier alpha value is -0.960. The summed E-state index contributed by atoms with van der Waals surface area (Å²) in [4.78, 5) is 8.47. The highest BCUT2D eigenvalue weighted by molar-refractivity contribution is 7.18. The molecule has 0 aromatic carbocycles. The predicted octanol–water partition coefficient (Wildman–Crippen LogP) is 2.81. The van der Waals surface area contributed by atoms with Gasteiger partial charge in [0.15, 0.2) is 5.65 Å². The first-order valence-corrected chi connectivity index (χ1v) is 4.71. The van der Waals surface area contributed by atoms with E-state index in [0.29, 0.717) is 12.0 Å². The van der Waals surface area contributed by atoms with Crippen molar-refractivity contribution in [1.29, 1.82) is 0 Å². The Labute approximate surface area is 76.7 Å². The summed E-state index contributed by atoms with van der Waals surface area (Å²) >= 11 is 1.63.